The summed E-state index contributed by atoms with van der Waals surface area (Å²) in [6.45, 7) is 1.98. The van der Waals surface area contributed by atoms with Crippen LogP contribution in [0.25, 0.3) is 0 Å². The van der Waals surface area contributed by atoms with E-state index < -0.39 is 23.0 Å². The van der Waals surface area contributed by atoms with Gasteiger partial charge in [-0.3, -0.25) is 4.79 Å². The number of Topliss-reactive ketones (excluding diaryl/α,β-unsaturated/α-hetero) is 1. The summed E-state index contributed by atoms with van der Waals surface area (Å²) in [4.78, 5) is 11.6. The number of rotatable bonds is 5. The molecule has 0 bridgehead atoms. The van der Waals surface area contributed by atoms with Gasteiger partial charge in [-0.15, -0.1) is 0 Å². The summed E-state index contributed by atoms with van der Waals surface area (Å²) in [7, 11) is 0. The quantitative estimate of drug-likeness (QED) is 0.464. The molecule has 0 heterocycles. The van der Waals surface area contributed by atoms with Crippen LogP contribution in [-0.2, 0) is 0 Å². The largest absolute Gasteiger partial charge is 0.293 e. The Morgan fingerprint density at radius 2 is 2.12 bits per heavy atom. The number of hydrogen-bond acceptors (Lipinski definition) is 2. The fourth-order valence-corrected chi connectivity index (χ4v) is 2.26. The predicted molar refractivity (Wildman–Crippen MR) is 66.0 cm³/mol. The van der Waals surface area contributed by atoms with Crippen LogP contribution in [0.15, 0.2) is 16.6 Å². The number of ketones is 1. The molecular formula is C11H11BrF2OS. The molecule has 0 fully saturated rings. The van der Waals surface area contributed by atoms with Crippen LogP contribution in [0.1, 0.15) is 23.7 Å². The van der Waals surface area contributed by atoms with Gasteiger partial charge in [0.1, 0.15) is 5.82 Å². The molecule has 1 aromatic rings. The summed E-state index contributed by atoms with van der Waals surface area (Å²) in [5.74, 6) is -1.21. The lowest BCUT2D eigenvalue weighted by Crippen LogP contribution is -2.09. The first kappa shape index (κ1) is 13.6. The Kier molecular flexibility index (Phi) is 5.41. The first-order valence-electron chi connectivity index (χ1n) is 4.82. The molecule has 0 spiro atoms. The second-order valence-electron chi connectivity index (χ2n) is 3.19. The van der Waals surface area contributed by atoms with E-state index in [2.05, 4.69) is 15.9 Å². The van der Waals surface area contributed by atoms with Crippen LogP contribution in [0.3, 0.4) is 0 Å². The zero-order chi connectivity index (χ0) is 12.1. The second-order valence-corrected chi connectivity index (χ2v) is 5.15. The van der Waals surface area contributed by atoms with Gasteiger partial charge in [0.25, 0.3) is 0 Å². The molecule has 1 rings (SSSR count). The summed E-state index contributed by atoms with van der Waals surface area (Å²) in [6.07, 6.45) is 0.932. The van der Waals surface area contributed by atoms with Crippen molar-refractivity contribution < 1.29 is 13.6 Å². The number of carbonyl (C=O) groups excluding carboxylic acids is 1. The molecule has 0 aromatic heterocycles. The fourth-order valence-electron chi connectivity index (χ4n) is 1.16. The van der Waals surface area contributed by atoms with E-state index in [0.29, 0.717) is 0 Å². The Labute approximate surface area is 106 Å². The van der Waals surface area contributed by atoms with E-state index in [0.717, 1.165) is 18.2 Å². The van der Waals surface area contributed by atoms with Gasteiger partial charge in [0.15, 0.2) is 11.6 Å². The number of thioether (sulfide) groups is 1. The summed E-state index contributed by atoms with van der Waals surface area (Å²) >= 11 is 4.31. The Balaban J connectivity index is 2.86. The van der Waals surface area contributed by atoms with Crippen LogP contribution in [-0.4, -0.2) is 17.3 Å². The second kappa shape index (κ2) is 6.35. The van der Waals surface area contributed by atoms with Gasteiger partial charge in [-0.05, 0) is 40.2 Å². The minimum Gasteiger partial charge on any atom is -0.293 e. The minimum absolute atomic E-state index is 0.109. The molecule has 0 saturated carbocycles. The van der Waals surface area contributed by atoms with Crippen molar-refractivity contribution in [3.8, 4) is 0 Å². The summed E-state index contributed by atoms with van der Waals surface area (Å²) in [6, 6.07) is 2.34. The standard InChI is InChI=1S/C11H11BrF2OS/c1-2-5-16-6-9(15)10-8(13)4-3-7(12)11(10)14/h3-4H,2,5-6H2,1H3. The van der Waals surface area contributed by atoms with Gasteiger partial charge in [0, 0.05) is 0 Å². The molecule has 0 N–H and O–H groups in total. The van der Waals surface area contributed by atoms with Crippen molar-refractivity contribution in [3.63, 3.8) is 0 Å². The van der Waals surface area contributed by atoms with Crippen molar-refractivity contribution >= 4 is 33.5 Å². The van der Waals surface area contributed by atoms with Gasteiger partial charge >= 0.3 is 0 Å². The average molecular weight is 309 g/mol. The molecule has 0 saturated heterocycles. The zero-order valence-corrected chi connectivity index (χ0v) is 11.1. The van der Waals surface area contributed by atoms with Gasteiger partial charge in [-0.1, -0.05) is 6.92 Å². The third-order valence-corrected chi connectivity index (χ3v) is 3.68. The van der Waals surface area contributed by atoms with Crippen LogP contribution < -0.4 is 0 Å². The van der Waals surface area contributed by atoms with Gasteiger partial charge in [0.2, 0.25) is 0 Å². The SMILES string of the molecule is CCCSCC(=O)c1c(F)ccc(Br)c1F. The van der Waals surface area contributed by atoms with Gasteiger partial charge < -0.3 is 0 Å². The first-order valence-corrected chi connectivity index (χ1v) is 6.77. The lowest BCUT2D eigenvalue weighted by atomic mass is 10.1. The van der Waals surface area contributed by atoms with Crippen molar-refractivity contribution in [1.82, 2.24) is 0 Å². The van der Waals surface area contributed by atoms with E-state index in [1.165, 1.54) is 17.8 Å². The van der Waals surface area contributed by atoms with Crippen LogP contribution in [0, 0.1) is 11.6 Å². The van der Waals surface area contributed by atoms with E-state index in [1.54, 1.807) is 0 Å². The van der Waals surface area contributed by atoms with Crippen LogP contribution in [0.5, 0.6) is 0 Å². The van der Waals surface area contributed by atoms with E-state index >= 15 is 0 Å². The van der Waals surface area contributed by atoms with Gasteiger partial charge in [-0.2, -0.15) is 11.8 Å². The molecule has 0 atom stereocenters. The van der Waals surface area contributed by atoms with E-state index in [9.17, 15) is 13.6 Å². The lowest BCUT2D eigenvalue weighted by molar-refractivity contribution is 0.101. The lowest BCUT2D eigenvalue weighted by Gasteiger charge is -2.05. The molecule has 16 heavy (non-hydrogen) atoms. The Morgan fingerprint density at radius 1 is 1.44 bits per heavy atom. The van der Waals surface area contributed by atoms with Crippen molar-refractivity contribution in [2.45, 2.75) is 13.3 Å². The first-order chi connectivity index (χ1) is 7.57. The number of halogens is 3. The molecule has 1 nitrogen and oxygen atoms in total. The number of benzene rings is 1. The average Bonchev–Trinajstić information content (AvgIpc) is 2.24. The smallest absolute Gasteiger partial charge is 0.178 e. The maximum atomic E-state index is 13.5. The molecule has 5 heteroatoms. The van der Waals surface area contributed by atoms with Gasteiger partial charge in [0.05, 0.1) is 15.8 Å². The maximum absolute atomic E-state index is 13.5. The third kappa shape index (κ3) is 3.28. The highest BCUT2D eigenvalue weighted by Crippen LogP contribution is 2.23. The maximum Gasteiger partial charge on any atom is 0.178 e. The number of hydrogen-bond donors (Lipinski definition) is 0. The molecule has 88 valence electrons. The summed E-state index contributed by atoms with van der Waals surface area (Å²) < 4.78 is 26.9. The zero-order valence-electron chi connectivity index (χ0n) is 8.73. The molecule has 0 aliphatic rings. The van der Waals surface area contributed by atoms with Crippen molar-refractivity contribution in [1.29, 1.82) is 0 Å². The van der Waals surface area contributed by atoms with Crippen LogP contribution >= 0.6 is 27.7 Å². The molecule has 0 amide bonds. The highest BCUT2D eigenvalue weighted by molar-refractivity contribution is 9.10. The molecule has 1 aromatic carbocycles. The van der Waals surface area contributed by atoms with Crippen LogP contribution in [0.2, 0.25) is 0 Å². The molecule has 0 radical (unpaired) electrons. The Morgan fingerprint density at radius 3 is 2.75 bits per heavy atom. The van der Waals surface area contributed by atoms with Crippen LogP contribution in [0.4, 0.5) is 8.78 Å². The van der Waals surface area contributed by atoms with E-state index in [1.807, 2.05) is 6.92 Å². The van der Waals surface area contributed by atoms with Crippen molar-refractivity contribution in [2.24, 2.45) is 0 Å². The van der Waals surface area contributed by atoms with E-state index in [-0.39, 0.29) is 10.2 Å². The normalized spacial score (nSPS) is 10.5. The monoisotopic (exact) mass is 308 g/mol. The van der Waals surface area contributed by atoms with Gasteiger partial charge in [-0.25, -0.2) is 8.78 Å². The molecule has 0 aliphatic heterocycles. The van der Waals surface area contributed by atoms with Crippen molar-refractivity contribution in [3.05, 3.63) is 33.8 Å². The highest BCUT2D eigenvalue weighted by atomic mass is 79.9. The topological polar surface area (TPSA) is 17.1 Å². The highest BCUT2D eigenvalue weighted by Gasteiger charge is 2.19. The Hall–Kier alpha value is -0.420. The van der Waals surface area contributed by atoms with E-state index in [4.69, 9.17) is 0 Å². The molecular weight excluding hydrogens is 298 g/mol. The number of carbonyl (C=O) groups is 1. The summed E-state index contributed by atoms with van der Waals surface area (Å²) in [5, 5.41) is 0. The third-order valence-electron chi connectivity index (χ3n) is 1.90. The fraction of sp³-hybridized carbons (Fsp3) is 0.364. The Bertz CT molecular complexity index is 396. The van der Waals surface area contributed by atoms with Crippen molar-refractivity contribution in [2.75, 3.05) is 11.5 Å². The summed E-state index contributed by atoms with van der Waals surface area (Å²) in [5.41, 5.74) is -0.446. The minimum atomic E-state index is -0.818. The predicted octanol–water partition coefficient (Wildman–Crippen LogP) is 4.05. The molecule has 0 unspecified atom stereocenters. The molecule has 0 aliphatic carbocycles.